The summed E-state index contributed by atoms with van der Waals surface area (Å²) in [6.45, 7) is 1.89. The summed E-state index contributed by atoms with van der Waals surface area (Å²) in [4.78, 5) is 12.0. The molecular weight excluding hydrogens is 264 g/mol. The van der Waals surface area contributed by atoms with Gasteiger partial charge in [-0.1, -0.05) is 30.3 Å². The standard InChI is InChI=1S/C17H20N2O2/c1-12(14-6-4-7-15(20)11-14)19-17(21)10-9-13-5-2-3-8-16(13)18/h2-8,11-12,20H,9-10,18H2,1H3,(H,19,21). The third kappa shape index (κ3) is 4.24. The average molecular weight is 284 g/mol. The highest BCUT2D eigenvalue weighted by Gasteiger charge is 2.10. The van der Waals surface area contributed by atoms with Gasteiger partial charge in [0.2, 0.25) is 5.91 Å². The summed E-state index contributed by atoms with van der Waals surface area (Å²) in [6.07, 6.45) is 1.00. The van der Waals surface area contributed by atoms with E-state index in [1.54, 1.807) is 18.2 Å². The number of aryl methyl sites for hydroxylation is 1. The molecule has 1 unspecified atom stereocenters. The molecule has 0 saturated heterocycles. The van der Waals surface area contributed by atoms with E-state index in [1.807, 2.05) is 37.3 Å². The van der Waals surface area contributed by atoms with Crippen molar-refractivity contribution in [1.82, 2.24) is 5.32 Å². The number of hydrogen-bond acceptors (Lipinski definition) is 3. The number of carbonyl (C=O) groups is 1. The number of amides is 1. The number of anilines is 1. The van der Waals surface area contributed by atoms with Crippen molar-refractivity contribution in [3.8, 4) is 5.75 Å². The Kier molecular flexibility index (Phi) is 4.82. The van der Waals surface area contributed by atoms with Crippen molar-refractivity contribution in [1.29, 1.82) is 0 Å². The van der Waals surface area contributed by atoms with Crippen molar-refractivity contribution in [2.45, 2.75) is 25.8 Å². The second kappa shape index (κ2) is 6.79. The number of carbonyl (C=O) groups excluding carboxylic acids is 1. The zero-order chi connectivity index (χ0) is 15.2. The molecular formula is C17H20N2O2. The van der Waals surface area contributed by atoms with E-state index in [4.69, 9.17) is 5.73 Å². The number of nitrogens with one attached hydrogen (secondary N) is 1. The van der Waals surface area contributed by atoms with Crippen molar-refractivity contribution in [2.24, 2.45) is 0 Å². The summed E-state index contributed by atoms with van der Waals surface area (Å²) >= 11 is 0. The van der Waals surface area contributed by atoms with Crippen molar-refractivity contribution in [3.05, 3.63) is 59.7 Å². The predicted octanol–water partition coefficient (Wildman–Crippen LogP) is 2.78. The van der Waals surface area contributed by atoms with Crippen LogP contribution >= 0.6 is 0 Å². The molecule has 0 aliphatic rings. The molecule has 21 heavy (non-hydrogen) atoms. The Morgan fingerprint density at radius 3 is 2.71 bits per heavy atom. The van der Waals surface area contributed by atoms with Gasteiger partial charge in [-0.15, -0.1) is 0 Å². The summed E-state index contributed by atoms with van der Waals surface area (Å²) in [6, 6.07) is 14.3. The highest BCUT2D eigenvalue weighted by molar-refractivity contribution is 5.77. The lowest BCUT2D eigenvalue weighted by Crippen LogP contribution is -2.26. The summed E-state index contributed by atoms with van der Waals surface area (Å²) in [5.41, 5.74) is 8.43. The molecule has 0 bridgehead atoms. The van der Waals surface area contributed by atoms with Crippen LogP contribution in [0.15, 0.2) is 48.5 Å². The molecule has 0 aliphatic heterocycles. The number of benzene rings is 2. The van der Waals surface area contributed by atoms with Crippen LogP contribution in [-0.4, -0.2) is 11.0 Å². The second-order valence-electron chi connectivity index (χ2n) is 5.08. The summed E-state index contributed by atoms with van der Waals surface area (Å²) in [5.74, 6) is 0.166. The van der Waals surface area contributed by atoms with Gasteiger partial charge in [-0.05, 0) is 42.7 Å². The Morgan fingerprint density at radius 1 is 1.24 bits per heavy atom. The van der Waals surface area contributed by atoms with E-state index in [2.05, 4.69) is 5.32 Å². The number of phenols is 1. The van der Waals surface area contributed by atoms with Crippen molar-refractivity contribution in [3.63, 3.8) is 0 Å². The van der Waals surface area contributed by atoms with Crippen LogP contribution in [0.4, 0.5) is 5.69 Å². The molecule has 0 aromatic heterocycles. The monoisotopic (exact) mass is 284 g/mol. The first-order valence-electron chi connectivity index (χ1n) is 6.98. The van der Waals surface area contributed by atoms with E-state index in [-0.39, 0.29) is 17.7 Å². The molecule has 0 heterocycles. The fourth-order valence-corrected chi connectivity index (χ4v) is 2.20. The first-order chi connectivity index (χ1) is 10.1. The Morgan fingerprint density at radius 2 is 2.00 bits per heavy atom. The number of nitrogens with two attached hydrogens (primary N) is 1. The van der Waals surface area contributed by atoms with E-state index in [0.29, 0.717) is 18.5 Å². The third-order valence-corrected chi connectivity index (χ3v) is 3.42. The number of nitrogen functional groups attached to an aromatic ring is 1. The molecule has 4 N–H and O–H groups in total. The molecule has 4 nitrogen and oxygen atoms in total. The molecule has 2 aromatic carbocycles. The fraction of sp³-hybridized carbons (Fsp3) is 0.235. The largest absolute Gasteiger partial charge is 0.508 e. The molecule has 2 aromatic rings. The highest BCUT2D eigenvalue weighted by Crippen LogP contribution is 2.18. The lowest BCUT2D eigenvalue weighted by molar-refractivity contribution is -0.121. The topological polar surface area (TPSA) is 75.4 Å². The maximum atomic E-state index is 12.0. The third-order valence-electron chi connectivity index (χ3n) is 3.42. The number of para-hydroxylation sites is 1. The normalized spacial score (nSPS) is 11.9. The minimum Gasteiger partial charge on any atom is -0.508 e. The van der Waals surface area contributed by atoms with E-state index in [1.165, 1.54) is 0 Å². The number of hydrogen-bond donors (Lipinski definition) is 3. The fourth-order valence-electron chi connectivity index (χ4n) is 2.20. The van der Waals surface area contributed by atoms with Gasteiger partial charge in [0.15, 0.2) is 0 Å². The number of aromatic hydroxyl groups is 1. The van der Waals surface area contributed by atoms with Gasteiger partial charge in [0.25, 0.3) is 0 Å². The van der Waals surface area contributed by atoms with Crippen molar-refractivity contribution in [2.75, 3.05) is 5.73 Å². The molecule has 110 valence electrons. The summed E-state index contributed by atoms with van der Waals surface area (Å²) in [7, 11) is 0. The number of rotatable bonds is 5. The molecule has 1 amide bonds. The zero-order valence-electron chi connectivity index (χ0n) is 12.0. The average Bonchev–Trinajstić information content (AvgIpc) is 2.46. The minimum atomic E-state index is -0.141. The Hall–Kier alpha value is -2.49. The Balaban J connectivity index is 1.89. The maximum absolute atomic E-state index is 12.0. The van der Waals surface area contributed by atoms with Crippen LogP contribution in [0.25, 0.3) is 0 Å². The van der Waals surface area contributed by atoms with Crippen LogP contribution in [0.2, 0.25) is 0 Å². The van der Waals surface area contributed by atoms with Gasteiger partial charge < -0.3 is 16.2 Å². The highest BCUT2D eigenvalue weighted by atomic mass is 16.3. The quantitative estimate of drug-likeness (QED) is 0.739. The van der Waals surface area contributed by atoms with Gasteiger partial charge in [0.05, 0.1) is 6.04 Å². The lowest BCUT2D eigenvalue weighted by atomic mass is 10.1. The van der Waals surface area contributed by atoms with Crippen LogP contribution in [0.5, 0.6) is 5.75 Å². The predicted molar refractivity (Wildman–Crippen MR) is 83.8 cm³/mol. The SMILES string of the molecule is CC(NC(=O)CCc1ccccc1N)c1cccc(O)c1. The van der Waals surface area contributed by atoms with E-state index >= 15 is 0 Å². The van der Waals surface area contributed by atoms with Crippen molar-refractivity contribution >= 4 is 11.6 Å². The van der Waals surface area contributed by atoms with Crippen LogP contribution < -0.4 is 11.1 Å². The van der Waals surface area contributed by atoms with Gasteiger partial charge in [-0.3, -0.25) is 4.79 Å². The molecule has 0 fully saturated rings. The molecule has 0 radical (unpaired) electrons. The van der Waals surface area contributed by atoms with E-state index < -0.39 is 0 Å². The van der Waals surface area contributed by atoms with E-state index in [9.17, 15) is 9.90 Å². The number of phenolic OH excluding ortho intramolecular Hbond substituents is 1. The van der Waals surface area contributed by atoms with Crippen LogP contribution in [0, 0.1) is 0 Å². The van der Waals surface area contributed by atoms with Gasteiger partial charge in [0, 0.05) is 12.1 Å². The minimum absolute atomic E-state index is 0.0332. The smallest absolute Gasteiger partial charge is 0.220 e. The van der Waals surface area contributed by atoms with Crippen molar-refractivity contribution < 1.29 is 9.90 Å². The summed E-state index contributed by atoms with van der Waals surface area (Å²) in [5, 5.41) is 12.4. The Labute approximate surface area is 124 Å². The molecule has 0 saturated carbocycles. The molecule has 4 heteroatoms. The van der Waals surface area contributed by atoms with Crippen LogP contribution in [0.3, 0.4) is 0 Å². The maximum Gasteiger partial charge on any atom is 0.220 e. The molecule has 0 spiro atoms. The van der Waals surface area contributed by atoms with Gasteiger partial charge in [0.1, 0.15) is 5.75 Å². The second-order valence-corrected chi connectivity index (χ2v) is 5.08. The molecule has 2 rings (SSSR count). The molecule has 1 atom stereocenters. The van der Waals surface area contributed by atoms with Crippen LogP contribution in [-0.2, 0) is 11.2 Å². The molecule has 0 aliphatic carbocycles. The van der Waals surface area contributed by atoms with E-state index in [0.717, 1.165) is 11.1 Å². The first kappa shape index (κ1) is 14.9. The summed E-state index contributed by atoms with van der Waals surface area (Å²) < 4.78 is 0. The lowest BCUT2D eigenvalue weighted by Gasteiger charge is -2.15. The Bertz CT molecular complexity index is 626. The van der Waals surface area contributed by atoms with Gasteiger partial charge >= 0.3 is 0 Å². The zero-order valence-corrected chi connectivity index (χ0v) is 12.0. The van der Waals surface area contributed by atoms with Gasteiger partial charge in [-0.2, -0.15) is 0 Å². The first-order valence-corrected chi connectivity index (χ1v) is 6.98. The van der Waals surface area contributed by atoms with Crippen LogP contribution in [0.1, 0.15) is 30.5 Å². The van der Waals surface area contributed by atoms with Gasteiger partial charge in [-0.25, -0.2) is 0 Å².